The first-order chi connectivity index (χ1) is 21.2. The van der Waals surface area contributed by atoms with Gasteiger partial charge in [-0.15, -0.1) is 0 Å². The van der Waals surface area contributed by atoms with Crippen LogP contribution in [-0.2, 0) is 23.9 Å². The molecule has 0 aromatic heterocycles. The number of carbonyl (C=O) groups is 3. The highest BCUT2D eigenvalue weighted by molar-refractivity contribution is 7.32. The molecule has 0 bridgehead atoms. The van der Waals surface area contributed by atoms with E-state index in [0.29, 0.717) is 6.42 Å². The van der Waals surface area contributed by atoms with E-state index in [1.807, 2.05) is 13.8 Å². The maximum absolute atomic E-state index is 12.0. The maximum Gasteiger partial charge on any atom is 0.408 e. The standard InChI is InChI=1S/C28H59N6O7P.C2H6/c1-5-6-7-8-9-10-11-12-13-14-15-16-17-18-19-24(35)26(37)31-23-42-41-34-21-29-25(36)20-32-40-33-22-30-27(38)39-28(2,3)4;1-2/h24,32-35,42H,5-23H2,1-4H3,(H,29,36)(H,30,38)(H,31,37);1-2H3. The lowest BCUT2D eigenvalue weighted by molar-refractivity contribution is -0.129. The second kappa shape index (κ2) is 32.8. The van der Waals surface area contributed by atoms with E-state index in [4.69, 9.17) is 14.3 Å². The molecule has 0 fully saturated rings. The van der Waals surface area contributed by atoms with Crippen LogP contribution >= 0.6 is 8.81 Å². The molecule has 0 spiro atoms. The predicted molar refractivity (Wildman–Crippen MR) is 177 cm³/mol. The molecule has 13 nitrogen and oxygen atoms in total. The van der Waals surface area contributed by atoms with E-state index in [0.717, 1.165) is 19.3 Å². The zero-order chi connectivity index (χ0) is 33.3. The molecule has 0 heterocycles. The van der Waals surface area contributed by atoms with Gasteiger partial charge in [0.25, 0.3) is 0 Å². The summed E-state index contributed by atoms with van der Waals surface area (Å²) in [6.07, 6.45) is 16.9. The first-order valence-corrected chi connectivity index (χ1v) is 17.7. The Morgan fingerprint density at radius 1 is 0.727 bits per heavy atom. The second-order valence-corrected chi connectivity index (χ2v) is 12.1. The maximum atomic E-state index is 12.0. The summed E-state index contributed by atoms with van der Waals surface area (Å²) in [6.45, 7) is 11.4. The summed E-state index contributed by atoms with van der Waals surface area (Å²) in [5.41, 5.74) is 6.75. The third-order valence-electron chi connectivity index (χ3n) is 6.05. The van der Waals surface area contributed by atoms with Gasteiger partial charge < -0.3 is 25.8 Å². The third kappa shape index (κ3) is 34.9. The number of aliphatic hydroxyl groups is 1. The first-order valence-electron chi connectivity index (χ1n) is 16.6. The summed E-state index contributed by atoms with van der Waals surface area (Å²) in [5.74, 6) is -0.758. The number of hydrogen-bond donors (Lipinski definition) is 7. The minimum absolute atomic E-state index is 0.0209. The number of amides is 3. The van der Waals surface area contributed by atoms with Crippen molar-refractivity contribution in [2.75, 3.05) is 26.2 Å². The summed E-state index contributed by atoms with van der Waals surface area (Å²) in [6, 6.07) is 0. The third-order valence-corrected chi connectivity index (χ3v) is 6.66. The molecule has 0 aromatic rings. The van der Waals surface area contributed by atoms with Crippen LogP contribution in [0.1, 0.15) is 138 Å². The number of carbonyl (C=O) groups excluding carboxylic acids is 3. The largest absolute Gasteiger partial charge is 0.444 e. The summed E-state index contributed by atoms with van der Waals surface area (Å²) in [5, 5.41) is 17.6. The molecular formula is C30H65N6O7P. The molecule has 0 saturated heterocycles. The summed E-state index contributed by atoms with van der Waals surface area (Å²) < 4.78 is 10.2. The highest BCUT2D eigenvalue weighted by Gasteiger charge is 2.15. The van der Waals surface area contributed by atoms with Gasteiger partial charge in [0.2, 0.25) is 11.8 Å². The fraction of sp³-hybridized carbons (Fsp3) is 0.900. The van der Waals surface area contributed by atoms with Crippen LogP contribution in [0.4, 0.5) is 4.79 Å². The van der Waals surface area contributed by atoms with E-state index in [9.17, 15) is 19.5 Å². The number of hydroxylamine groups is 3. The summed E-state index contributed by atoms with van der Waals surface area (Å²) in [7, 11) is -0.0840. The Morgan fingerprint density at radius 3 is 1.80 bits per heavy atom. The molecule has 0 saturated carbocycles. The molecule has 2 atom stereocenters. The number of ether oxygens (including phenoxy) is 1. The zero-order valence-electron chi connectivity index (χ0n) is 28.4. The van der Waals surface area contributed by atoms with E-state index in [2.05, 4.69) is 39.3 Å². The second-order valence-electron chi connectivity index (χ2n) is 11.2. The first kappa shape index (κ1) is 44.5. The van der Waals surface area contributed by atoms with Crippen LogP contribution in [-0.4, -0.2) is 60.9 Å². The Balaban J connectivity index is 0. The average Bonchev–Trinajstić information content (AvgIpc) is 2.98. The Hall–Kier alpha value is -1.60. The Kier molecular flexibility index (Phi) is 33.2. The number of rotatable bonds is 28. The van der Waals surface area contributed by atoms with E-state index in [1.165, 1.54) is 70.6 Å². The van der Waals surface area contributed by atoms with Crippen LogP contribution in [0.2, 0.25) is 0 Å². The molecule has 0 aliphatic carbocycles. The fourth-order valence-corrected chi connectivity index (χ4v) is 4.33. The summed E-state index contributed by atoms with van der Waals surface area (Å²) >= 11 is 0. The molecule has 14 heteroatoms. The van der Waals surface area contributed by atoms with Crippen LogP contribution in [0, 0.1) is 0 Å². The monoisotopic (exact) mass is 652 g/mol. The van der Waals surface area contributed by atoms with Crippen LogP contribution in [0.3, 0.4) is 0 Å². The van der Waals surface area contributed by atoms with E-state index in [-0.39, 0.29) is 40.9 Å². The van der Waals surface area contributed by atoms with Crippen molar-refractivity contribution >= 4 is 26.7 Å². The van der Waals surface area contributed by atoms with Gasteiger partial charge in [0, 0.05) is 0 Å². The smallest absolute Gasteiger partial charge is 0.408 e. The van der Waals surface area contributed by atoms with Crippen molar-refractivity contribution in [2.45, 2.75) is 150 Å². The molecule has 262 valence electrons. The SMILES string of the molecule is CC.CCCCCCCCCCCCCCCCC(O)C(=O)NCPONCNC(=O)CNONCNC(=O)OC(C)(C)C. The quantitative estimate of drug-likeness (QED) is 0.0264. The van der Waals surface area contributed by atoms with Gasteiger partial charge in [0.15, 0.2) is 0 Å². The molecule has 0 aromatic carbocycles. The van der Waals surface area contributed by atoms with Crippen LogP contribution in [0.25, 0.3) is 0 Å². The van der Waals surface area contributed by atoms with Crippen molar-refractivity contribution in [2.24, 2.45) is 0 Å². The highest BCUT2D eigenvalue weighted by Crippen LogP contribution is 2.14. The van der Waals surface area contributed by atoms with Gasteiger partial charge in [-0.1, -0.05) is 111 Å². The number of aliphatic hydroxyl groups excluding tert-OH is 1. The van der Waals surface area contributed by atoms with Crippen molar-refractivity contribution in [3.05, 3.63) is 0 Å². The van der Waals surface area contributed by atoms with Gasteiger partial charge in [-0.25, -0.2) is 9.73 Å². The molecule has 44 heavy (non-hydrogen) atoms. The van der Waals surface area contributed by atoms with Gasteiger partial charge in [-0.2, -0.15) is 16.4 Å². The molecule has 3 amide bonds. The number of unbranched alkanes of at least 4 members (excludes halogenated alkanes) is 13. The molecule has 0 aliphatic rings. The fourth-order valence-electron chi connectivity index (χ4n) is 3.84. The molecular weight excluding hydrogens is 587 g/mol. The lowest BCUT2D eigenvalue weighted by atomic mass is 10.0. The normalized spacial score (nSPS) is 12.0. The van der Waals surface area contributed by atoms with Gasteiger partial charge in [0.1, 0.15) is 18.2 Å². The van der Waals surface area contributed by atoms with Crippen LogP contribution in [0.15, 0.2) is 0 Å². The van der Waals surface area contributed by atoms with Crippen LogP contribution in [0.5, 0.6) is 0 Å². The Labute approximate surface area is 268 Å². The van der Waals surface area contributed by atoms with Gasteiger partial charge >= 0.3 is 6.09 Å². The average molecular weight is 653 g/mol. The van der Waals surface area contributed by atoms with Crippen LogP contribution < -0.4 is 32.4 Å². The van der Waals surface area contributed by atoms with Gasteiger partial charge in [-0.3, -0.25) is 14.2 Å². The number of hydrogen-bond acceptors (Lipinski definition) is 10. The lowest BCUT2D eigenvalue weighted by Crippen LogP contribution is -2.43. The molecule has 2 unspecified atom stereocenters. The Morgan fingerprint density at radius 2 is 1.25 bits per heavy atom. The van der Waals surface area contributed by atoms with Crippen molar-refractivity contribution in [1.82, 2.24) is 32.4 Å². The number of nitrogens with one attached hydrogen (secondary N) is 6. The van der Waals surface area contributed by atoms with Crippen molar-refractivity contribution in [1.29, 1.82) is 0 Å². The summed E-state index contributed by atoms with van der Waals surface area (Å²) in [4.78, 5) is 39.9. The van der Waals surface area contributed by atoms with E-state index in [1.54, 1.807) is 20.8 Å². The highest BCUT2D eigenvalue weighted by atomic mass is 31.1. The van der Waals surface area contributed by atoms with Gasteiger partial charge in [-0.05, 0) is 27.2 Å². The minimum atomic E-state index is -1.00. The Bertz CT molecular complexity index is 687. The minimum Gasteiger partial charge on any atom is -0.444 e. The topological polar surface area (TPSA) is 171 Å². The predicted octanol–water partition coefficient (Wildman–Crippen LogP) is 5.02. The van der Waals surface area contributed by atoms with E-state index >= 15 is 0 Å². The van der Waals surface area contributed by atoms with E-state index < -0.39 is 23.7 Å². The van der Waals surface area contributed by atoms with Gasteiger partial charge in [0.05, 0.1) is 28.4 Å². The number of alkyl carbamates (subject to hydrolysis) is 1. The zero-order valence-corrected chi connectivity index (χ0v) is 29.4. The molecule has 0 radical (unpaired) electrons. The lowest BCUT2D eigenvalue weighted by Gasteiger charge is -2.19. The van der Waals surface area contributed by atoms with Crippen molar-refractivity contribution in [3.63, 3.8) is 0 Å². The molecule has 0 rings (SSSR count). The van der Waals surface area contributed by atoms with Crippen molar-refractivity contribution in [3.8, 4) is 0 Å². The molecule has 7 N–H and O–H groups in total. The molecule has 0 aliphatic heterocycles. The van der Waals surface area contributed by atoms with Crippen molar-refractivity contribution < 1.29 is 33.8 Å².